The number of nitrogens with one attached hydrogen (secondary N) is 3. The molecule has 0 bridgehead atoms. The maximum Gasteiger partial charge on any atom is 0.319 e. The lowest BCUT2D eigenvalue weighted by Crippen LogP contribution is -2.43. The van der Waals surface area contributed by atoms with Crippen LogP contribution >= 0.6 is 12.2 Å². The molecule has 0 saturated carbocycles. The van der Waals surface area contributed by atoms with E-state index in [0.717, 1.165) is 16.6 Å². The topological polar surface area (TPSA) is 56.9 Å². The second kappa shape index (κ2) is 5.01. The van der Waals surface area contributed by atoms with Gasteiger partial charge >= 0.3 is 6.03 Å². The first-order chi connectivity index (χ1) is 8.83. The molecule has 0 unspecified atom stereocenters. The van der Waals surface area contributed by atoms with Crippen LogP contribution in [0.4, 0.5) is 10.5 Å². The Morgan fingerprint density at radius 1 is 1.21 bits per heavy atom. The molecule has 2 amide bonds. The van der Waals surface area contributed by atoms with Crippen LogP contribution < -0.4 is 10.6 Å². The zero-order chi connectivity index (χ0) is 14.0. The van der Waals surface area contributed by atoms with Gasteiger partial charge in [-0.3, -0.25) is 0 Å². The van der Waals surface area contributed by atoms with Crippen molar-refractivity contribution in [2.45, 2.75) is 26.3 Å². The van der Waals surface area contributed by atoms with Gasteiger partial charge in [0.25, 0.3) is 0 Å². The number of anilines is 1. The molecule has 0 aliphatic heterocycles. The Labute approximate surface area is 117 Å². The van der Waals surface area contributed by atoms with Gasteiger partial charge in [-0.05, 0) is 51.1 Å². The smallest absolute Gasteiger partial charge is 0.319 e. The molecule has 3 N–H and O–H groups in total. The van der Waals surface area contributed by atoms with Crippen molar-refractivity contribution in [3.8, 4) is 0 Å². The van der Waals surface area contributed by atoms with E-state index < -0.39 is 0 Å². The summed E-state index contributed by atoms with van der Waals surface area (Å²) in [5, 5.41) is 6.67. The molecule has 4 nitrogen and oxygen atoms in total. The molecule has 0 spiro atoms. The lowest BCUT2D eigenvalue weighted by molar-refractivity contribution is 0.244. The number of pyridine rings is 1. The summed E-state index contributed by atoms with van der Waals surface area (Å²) in [4.78, 5) is 14.9. The normalized spacial score (nSPS) is 11.3. The van der Waals surface area contributed by atoms with Crippen LogP contribution in [0.5, 0.6) is 0 Å². The van der Waals surface area contributed by atoms with Gasteiger partial charge in [0.2, 0.25) is 0 Å². The van der Waals surface area contributed by atoms with Crippen LogP contribution in [0.25, 0.3) is 10.9 Å². The van der Waals surface area contributed by atoms with Gasteiger partial charge < -0.3 is 15.6 Å². The minimum absolute atomic E-state index is 0.212. The van der Waals surface area contributed by atoms with E-state index in [2.05, 4.69) is 15.6 Å². The van der Waals surface area contributed by atoms with Crippen molar-refractivity contribution in [2.24, 2.45) is 0 Å². The highest BCUT2D eigenvalue weighted by atomic mass is 32.1. The van der Waals surface area contributed by atoms with Crippen LogP contribution in [0.2, 0.25) is 0 Å². The molecular formula is C14H17N3OS. The largest absolute Gasteiger partial charge is 0.346 e. The molecule has 0 aliphatic carbocycles. The number of carbonyl (C=O) groups excluding carboxylic acids is 1. The van der Waals surface area contributed by atoms with E-state index >= 15 is 0 Å². The fourth-order valence-corrected chi connectivity index (χ4v) is 1.91. The summed E-state index contributed by atoms with van der Waals surface area (Å²) in [5.41, 5.74) is 1.44. The Morgan fingerprint density at radius 3 is 2.63 bits per heavy atom. The third-order valence-electron chi connectivity index (χ3n) is 2.47. The highest BCUT2D eigenvalue weighted by molar-refractivity contribution is 7.71. The maximum absolute atomic E-state index is 11.8. The lowest BCUT2D eigenvalue weighted by Gasteiger charge is -2.20. The number of H-pyrrole nitrogens is 1. The quantitative estimate of drug-likeness (QED) is 0.693. The molecule has 19 heavy (non-hydrogen) atoms. The van der Waals surface area contributed by atoms with Crippen LogP contribution in [-0.4, -0.2) is 16.6 Å². The molecule has 2 aromatic rings. The predicted octanol–water partition coefficient (Wildman–Crippen LogP) is 3.82. The molecule has 0 saturated heterocycles. The monoisotopic (exact) mass is 275 g/mol. The third kappa shape index (κ3) is 3.79. The number of benzene rings is 1. The second-order valence-corrected chi connectivity index (χ2v) is 5.89. The lowest BCUT2D eigenvalue weighted by atomic mass is 10.1. The van der Waals surface area contributed by atoms with Crippen LogP contribution in [0, 0.1) is 4.64 Å². The number of rotatable bonds is 1. The van der Waals surface area contributed by atoms with Gasteiger partial charge in [-0.15, -0.1) is 0 Å². The van der Waals surface area contributed by atoms with Crippen molar-refractivity contribution in [3.63, 3.8) is 0 Å². The molecule has 0 radical (unpaired) electrons. The van der Waals surface area contributed by atoms with E-state index in [-0.39, 0.29) is 11.6 Å². The highest BCUT2D eigenvalue weighted by Crippen LogP contribution is 2.17. The van der Waals surface area contributed by atoms with Gasteiger partial charge in [0.05, 0.1) is 0 Å². The van der Waals surface area contributed by atoms with Crippen molar-refractivity contribution >= 4 is 34.8 Å². The molecule has 1 aromatic heterocycles. The molecule has 5 heteroatoms. The first-order valence-electron chi connectivity index (χ1n) is 6.06. The van der Waals surface area contributed by atoms with E-state index in [0.29, 0.717) is 4.64 Å². The first kappa shape index (κ1) is 13.5. The number of fused-ring (bicyclic) bond motifs is 1. The van der Waals surface area contributed by atoms with Gasteiger partial charge in [0.15, 0.2) is 0 Å². The zero-order valence-corrected chi connectivity index (χ0v) is 12.0. The number of hydrogen-bond acceptors (Lipinski definition) is 2. The predicted molar refractivity (Wildman–Crippen MR) is 81.0 cm³/mol. The molecule has 2 rings (SSSR count). The van der Waals surface area contributed by atoms with E-state index in [1.54, 1.807) is 0 Å². The average Bonchev–Trinajstić information content (AvgIpc) is 2.26. The minimum atomic E-state index is -0.258. The Hall–Kier alpha value is -1.88. The number of hydrogen-bond donors (Lipinski definition) is 3. The van der Waals surface area contributed by atoms with Gasteiger partial charge in [-0.1, -0.05) is 12.2 Å². The summed E-state index contributed by atoms with van der Waals surface area (Å²) in [7, 11) is 0. The second-order valence-electron chi connectivity index (χ2n) is 5.45. The fraction of sp³-hybridized carbons (Fsp3) is 0.286. The highest BCUT2D eigenvalue weighted by Gasteiger charge is 2.13. The Bertz CT molecular complexity index is 670. The summed E-state index contributed by atoms with van der Waals surface area (Å²) >= 11 is 5.07. The standard InChI is InChI=1S/C14H17N3OS/c1-14(2,3)17-13(18)15-10-5-6-11-9(8-10)4-7-12(19)16-11/h4-8H,1-3H3,(H,16,19)(H2,15,17,18). The summed E-state index contributed by atoms with van der Waals surface area (Å²) in [6, 6.07) is 9.20. The molecule has 100 valence electrons. The van der Waals surface area contributed by atoms with Crippen LogP contribution in [-0.2, 0) is 0 Å². The van der Waals surface area contributed by atoms with Gasteiger partial charge in [-0.2, -0.15) is 0 Å². The fourth-order valence-electron chi connectivity index (χ4n) is 1.74. The Kier molecular flexibility index (Phi) is 3.57. The first-order valence-corrected chi connectivity index (χ1v) is 6.47. The van der Waals surface area contributed by atoms with Crippen molar-refractivity contribution in [1.29, 1.82) is 0 Å². The number of carbonyl (C=O) groups is 1. The third-order valence-corrected chi connectivity index (χ3v) is 2.71. The zero-order valence-electron chi connectivity index (χ0n) is 11.2. The van der Waals surface area contributed by atoms with Gasteiger partial charge in [0.1, 0.15) is 4.64 Å². The van der Waals surface area contributed by atoms with Gasteiger partial charge in [0, 0.05) is 22.1 Å². The number of aromatic amines is 1. The minimum Gasteiger partial charge on any atom is -0.346 e. The van der Waals surface area contributed by atoms with Crippen LogP contribution in [0.1, 0.15) is 20.8 Å². The maximum atomic E-state index is 11.8. The van der Waals surface area contributed by atoms with Crippen molar-refractivity contribution in [1.82, 2.24) is 10.3 Å². The van der Waals surface area contributed by atoms with Crippen molar-refractivity contribution < 1.29 is 4.79 Å². The molecular weight excluding hydrogens is 258 g/mol. The molecule has 0 aliphatic rings. The van der Waals surface area contributed by atoms with Crippen molar-refractivity contribution in [2.75, 3.05) is 5.32 Å². The van der Waals surface area contributed by atoms with E-state index in [1.807, 2.05) is 51.1 Å². The summed E-state index contributed by atoms with van der Waals surface area (Å²) in [6.07, 6.45) is 0. The van der Waals surface area contributed by atoms with Crippen LogP contribution in [0.3, 0.4) is 0 Å². The number of urea groups is 1. The number of amides is 2. The molecule has 0 atom stereocenters. The average molecular weight is 275 g/mol. The molecule has 1 heterocycles. The molecule has 1 aromatic carbocycles. The van der Waals surface area contributed by atoms with E-state index in [9.17, 15) is 4.79 Å². The molecule has 0 fully saturated rings. The summed E-state index contributed by atoms with van der Waals surface area (Å²) in [5.74, 6) is 0. The Morgan fingerprint density at radius 2 is 1.95 bits per heavy atom. The van der Waals surface area contributed by atoms with E-state index in [4.69, 9.17) is 12.2 Å². The summed E-state index contributed by atoms with van der Waals surface area (Å²) < 4.78 is 0.693. The summed E-state index contributed by atoms with van der Waals surface area (Å²) in [6.45, 7) is 5.81. The van der Waals surface area contributed by atoms with Crippen molar-refractivity contribution in [3.05, 3.63) is 35.0 Å². The van der Waals surface area contributed by atoms with Gasteiger partial charge in [-0.25, -0.2) is 4.79 Å². The van der Waals surface area contributed by atoms with Crippen LogP contribution in [0.15, 0.2) is 30.3 Å². The SMILES string of the molecule is CC(C)(C)NC(=O)Nc1ccc2[nH]c(=S)ccc2c1. The Balaban J connectivity index is 2.20. The van der Waals surface area contributed by atoms with E-state index in [1.165, 1.54) is 0 Å². The number of aromatic nitrogens is 1.